The van der Waals surface area contributed by atoms with Gasteiger partial charge in [-0.15, -0.1) is 0 Å². The van der Waals surface area contributed by atoms with Crippen molar-refractivity contribution in [3.63, 3.8) is 0 Å². The van der Waals surface area contributed by atoms with Crippen LogP contribution in [-0.2, 0) is 16.0 Å². The number of ether oxygens (including phenoxy) is 1. The van der Waals surface area contributed by atoms with Gasteiger partial charge in [0.05, 0.1) is 13.2 Å². The van der Waals surface area contributed by atoms with Gasteiger partial charge in [-0.1, -0.05) is 29.8 Å². The molecule has 1 aromatic carbocycles. The van der Waals surface area contributed by atoms with E-state index in [1.54, 1.807) is 0 Å². The summed E-state index contributed by atoms with van der Waals surface area (Å²) in [5.74, 6) is -0.174. The monoisotopic (exact) mass is 316 g/mol. The quantitative estimate of drug-likeness (QED) is 0.822. The number of fused-ring (bicyclic) bond motifs is 5. The molecule has 0 fully saturated rings. The smallest absolute Gasteiger partial charge is 0.323 e. The van der Waals surface area contributed by atoms with Gasteiger partial charge in [-0.25, -0.2) is 0 Å². The maximum Gasteiger partial charge on any atom is 0.323 e. The number of carbonyl (C=O) groups is 1. The van der Waals surface area contributed by atoms with Gasteiger partial charge in [0, 0.05) is 34.6 Å². The minimum Gasteiger partial charge on any atom is -0.468 e. The molecule has 2 atom stereocenters. The number of esters is 1. The maximum absolute atomic E-state index is 12.2. The molecule has 4 rings (SSSR count). The largest absolute Gasteiger partial charge is 0.468 e. The predicted molar refractivity (Wildman–Crippen MR) is 85.8 cm³/mol. The first-order chi connectivity index (χ1) is 10.7. The summed E-state index contributed by atoms with van der Waals surface area (Å²) in [5.41, 5.74) is 3.46. The van der Waals surface area contributed by atoms with Gasteiger partial charge in [0.15, 0.2) is 0 Å². The van der Waals surface area contributed by atoms with Gasteiger partial charge in [-0.2, -0.15) is 0 Å². The molecule has 0 bridgehead atoms. The van der Waals surface area contributed by atoms with Crippen molar-refractivity contribution in [2.75, 3.05) is 13.7 Å². The van der Waals surface area contributed by atoms with Crippen molar-refractivity contribution < 1.29 is 9.53 Å². The molecule has 0 amide bonds. The molecule has 5 heteroatoms. The summed E-state index contributed by atoms with van der Waals surface area (Å²) in [5, 5.41) is 2.04. The van der Waals surface area contributed by atoms with Gasteiger partial charge >= 0.3 is 5.97 Å². The van der Waals surface area contributed by atoms with Crippen LogP contribution in [0.5, 0.6) is 0 Å². The number of halogens is 1. The number of H-pyrrole nitrogens is 1. The van der Waals surface area contributed by atoms with E-state index in [9.17, 15) is 4.79 Å². The molecule has 2 aliphatic rings. The lowest BCUT2D eigenvalue weighted by Gasteiger charge is -2.41. The summed E-state index contributed by atoms with van der Waals surface area (Å²) in [7, 11) is 1.45. The van der Waals surface area contributed by atoms with E-state index in [0.717, 1.165) is 29.2 Å². The highest BCUT2D eigenvalue weighted by molar-refractivity contribution is 6.29. The Morgan fingerprint density at radius 2 is 2.23 bits per heavy atom. The maximum atomic E-state index is 12.2. The van der Waals surface area contributed by atoms with E-state index in [4.69, 9.17) is 16.3 Å². The minimum atomic E-state index is -0.247. The van der Waals surface area contributed by atoms with Crippen molar-refractivity contribution >= 4 is 28.5 Å². The third-order valence-corrected chi connectivity index (χ3v) is 5.03. The zero-order valence-electron chi connectivity index (χ0n) is 12.3. The van der Waals surface area contributed by atoms with Crippen molar-refractivity contribution in [1.82, 2.24) is 9.88 Å². The second kappa shape index (κ2) is 5.14. The molecule has 22 heavy (non-hydrogen) atoms. The summed E-state index contributed by atoms with van der Waals surface area (Å²) in [6, 6.07) is 7.98. The average Bonchev–Trinajstić information content (AvgIpc) is 2.92. The molecule has 4 nitrogen and oxygen atoms in total. The van der Waals surface area contributed by atoms with Gasteiger partial charge in [-0.3, -0.25) is 9.69 Å². The van der Waals surface area contributed by atoms with Crippen molar-refractivity contribution in [2.45, 2.75) is 24.9 Å². The number of hydrogen-bond donors (Lipinski definition) is 1. The molecule has 0 saturated heterocycles. The van der Waals surface area contributed by atoms with Crippen LogP contribution in [0.2, 0.25) is 0 Å². The van der Waals surface area contributed by atoms with Crippen LogP contribution in [0.1, 0.15) is 23.7 Å². The molecule has 3 heterocycles. The number of methoxy groups -OCH3 is 1. The van der Waals surface area contributed by atoms with Gasteiger partial charge in [-0.05, 0) is 24.1 Å². The Bertz CT molecular complexity index is 780. The third-order valence-electron chi connectivity index (χ3n) is 4.72. The number of nitrogens with one attached hydrogen (secondary N) is 1. The van der Waals surface area contributed by atoms with Gasteiger partial charge in [0.25, 0.3) is 0 Å². The topological polar surface area (TPSA) is 45.3 Å². The number of aromatic amines is 1. The lowest BCUT2D eigenvalue weighted by molar-refractivity contribution is -0.148. The molecule has 2 aromatic rings. The van der Waals surface area contributed by atoms with Crippen LogP contribution in [0.15, 0.2) is 35.4 Å². The van der Waals surface area contributed by atoms with E-state index in [2.05, 4.69) is 22.0 Å². The van der Waals surface area contributed by atoms with E-state index < -0.39 is 0 Å². The lowest BCUT2D eigenvalue weighted by atomic mass is 9.89. The highest BCUT2D eigenvalue weighted by Crippen LogP contribution is 2.41. The Kier molecular flexibility index (Phi) is 3.24. The summed E-state index contributed by atoms with van der Waals surface area (Å²) < 4.78 is 5.02. The number of aromatic nitrogens is 1. The lowest BCUT2D eigenvalue weighted by Crippen LogP contribution is -2.49. The highest BCUT2D eigenvalue weighted by Gasteiger charge is 2.41. The molecule has 1 aromatic heterocycles. The standard InChI is InChI=1S/C17H17ClN2O2/c1-22-17(21)15-9-12-11-4-2-3-5-13(11)19-16(12)14-8-10(18)6-7-20(14)15/h2-5,8,14-15,19H,6-7,9H2,1H3/t14-,15+/m1/s1. The van der Waals surface area contributed by atoms with Crippen LogP contribution in [0.3, 0.4) is 0 Å². The second-order valence-electron chi connectivity index (χ2n) is 5.85. The number of nitrogens with zero attached hydrogens (tertiary/aromatic N) is 1. The Morgan fingerprint density at radius 1 is 1.41 bits per heavy atom. The van der Waals surface area contributed by atoms with E-state index in [1.807, 2.05) is 18.2 Å². The second-order valence-corrected chi connectivity index (χ2v) is 6.34. The highest BCUT2D eigenvalue weighted by atomic mass is 35.5. The van der Waals surface area contributed by atoms with E-state index in [1.165, 1.54) is 18.1 Å². The zero-order valence-corrected chi connectivity index (χ0v) is 13.1. The molecule has 0 radical (unpaired) electrons. The summed E-state index contributed by atoms with van der Waals surface area (Å²) in [6.45, 7) is 0.772. The first kappa shape index (κ1) is 13.9. The van der Waals surface area contributed by atoms with Gasteiger partial charge in [0.1, 0.15) is 6.04 Å². The number of rotatable bonds is 1. The molecule has 0 saturated carbocycles. The Balaban J connectivity index is 1.91. The molecule has 0 aliphatic carbocycles. The fourth-order valence-corrected chi connectivity index (χ4v) is 3.89. The molecule has 0 spiro atoms. The Morgan fingerprint density at radius 3 is 3.05 bits per heavy atom. The van der Waals surface area contributed by atoms with Crippen LogP contribution < -0.4 is 0 Å². The van der Waals surface area contributed by atoms with Crippen molar-refractivity contribution in [3.8, 4) is 0 Å². The van der Waals surface area contributed by atoms with E-state index in [0.29, 0.717) is 6.42 Å². The van der Waals surface area contributed by atoms with Gasteiger partial charge in [0.2, 0.25) is 0 Å². The van der Waals surface area contributed by atoms with E-state index >= 15 is 0 Å². The molecular weight excluding hydrogens is 300 g/mol. The molecular formula is C17H17ClN2O2. The Hall–Kier alpha value is -1.78. The minimum absolute atomic E-state index is 0.0153. The normalized spacial score (nSPS) is 24.5. The number of hydrogen-bond acceptors (Lipinski definition) is 3. The van der Waals surface area contributed by atoms with Crippen molar-refractivity contribution in [3.05, 3.63) is 46.6 Å². The number of para-hydroxylation sites is 1. The van der Waals surface area contributed by atoms with Crippen LogP contribution in [0.4, 0.5) is 0 Å². The summed E-state index contributed by atoms with van der Waals surface area (Å²) >= 11 is 6.27. The van der Waals surface area contributed by atoms with Crippen molar-refractivity contribution in [2.24, 2.45) is 0 Å². The molecule has 1 N–H and O–H groups in total. The molecule has 114 valence electrons. The number of benzene rings is 1. The molecule has 0 unspecified atom stereocenters. The fourth-order valence-electron chi connectivity index (χ4n) is 3.68. The molecule has 2 aliphatic heterocycles. The zero-order chi connectivity index (χ0) is 15.3. The van der Waals surface area contributed by atoms with Crippen molar-refractivity contribution in [1.29, 1.82) is 0 Å². The van der Waals surface area contributed by atoms with E-state index in [-0.39, 0.29) is 18.1 Å². The third kappa shape index (κ3) is 1.98. The van der Waals surface area contributed by atoms with Crippen LogP contribution in [0.25, 0.3) is 10.9 Å². The SMILES string of the molecule is COC(=O)[C@@H]1Cc2c([nH]c3ccccc23)[C@H]2C=C(Cl)CCN21. The van der Waals surface area contributed by atoms with Gasteiger partial charge < -0.3 is 9.72 Å². The van der Waals surface area contributed by atoms with Crippen LogP contribution in [-0.4, -0.2) is 35.5 Å². The van der Waals surface area contributed by atoms with Crippen LogP contribution in [0, 0.1) is 0 Å². The Labute approximate surface area is 133 Å². The average molecular weight is 317 g/mol. The predicted octanol–water partition coefficient (Wildman–Crippen LogP) is 3.14. The summed E-state index contributed by atoms with van der Waals surface area (Å²) in [6.07, 6.45) is 3.50. The first-order valence-electron chi connectivity index (χ1n) is 7.48. The first-order valence-corrected chi connectivity index (χ1v) is 7.86. The van der Waals surface area contributed by atoms with Crippen LogP contribution >= 0.6 is 11.6 Å². The summed E-state index contributed by atoms with van der Waals surface area (Å²) in [4.78, 5) is 17.9. The number of carbonyl (C=O) groups excluding carboxylic acids is 1. The fraction of sp³-hybridized carbons (Fsp3) is 0.353.